The zero-order chi connectivity index (χ0) is 15.2. The molecule has 2 aromatic rings. The average Bonchev–Trinajstić information content (AvgIpc) is 2.52. The van der Waals surface area contributed by atoms with Crippen LogP contribution in [0.3, 0.4) is 0 Å². The van der Waals surface area contributed by atoms with Gasteiger partial charge in [-0.05, 0) is 31.2 Å². The highest BCUT2D eigenvalue weighted by Crippen LogP contribution is 2.27. The van der Waals surface area contributed by atoms with E-state index in [2.05, 4.69) is 16.0 Å². The van der Waals surface area contributed by atoms with E-state index in [0.717, 1.165) is 29.9 Å². The number of benzene rings is 1. The second kappa shape index (κ2) is 6.87. The van der Waals surface area contributed by atoms with Gasteiger partial charge in [-0.25, -0.2) is 0 Å². The van der Waals surface area contributed by atoms with Crippen LogP contribution in [0.1, 0.15) is 29.8 Å². The van der Waals surface area contributed by atoms with Crippen molar-refractivity contribution in [2.75, 3.05) is 18.5 Å². The monoisotopic (exact) mass is 281 g/mol. The number of pyridine rings is 1. The van der Waals surface area contributed by atoms with Crippen LogP contribution in [0, 0.1) is 11.3 Å². The van der Waals surface area contributed by atoms with E-state index in [0.29, 0.717) is 5.56 Å². The molecular weight excluding hydrogens is 262 g/mol. The van der Waals surface area contributed by atoms with Gasteiger partial charge in [0.25, 0.3) is 0 Å². The number of nitrogens with zero attached hydrogens (tertiary/aromatic N) is 3. The van der Waals surface area contributed by atoms with Gasteiger partial charge in [0.2, 0.25) is 0 Å². The first kappa shape index (κ1) is 15.0. The van der Waals surface area contributed by atoms with Crippen LogP contribution in [0.25, 0.3) is 0 Å². The van der Waals surface area contributed by atoms with Crippen LogP contribution in [0.4, 0.5) is 5.69 Å². The summed E-state index contributed by atoms with van der Waals surface area (Å²) >= 11 is 0. The number of hydrogen-bond acceptors (Lipinski definition) is 4. The Hall–Kier alpha value is -2.38. The smallest absolute Gasteiger partial charge is 0.0992 e. The van der Waals surface area contributed by atoms with Crippen LogP contribution in [0.15, 0.2) is 42.6 Å². The van der Waals surface area contributed by atoms with Crippen molar-refractivity contribution in [3.8, 4) is 6.07 Å². The number of anilines is 1. The minimum absolute atomic E-state index is 0.565. The Kier molecular flexibility index (Phi) is 4.91. The lowest BCUT2D eigenvalue weighted by Gasteiger charge is -2.23. The highest BCUT2D eigenvalue weighted by atomic mass is 16.3. The summed E-state index contributed by atoms with van der Waals surface area (Å²) in [5.74, 6) is 0. The minimum atomic E-state index is -0.565. The van der Waals surface area contributed by atoms with Crippen molar-refractivity contribution in [3.63, 3.8) is 0 Å². The number of aromatic nitrogens is 1. The van der Waals surface area contributed by atoms with E-state index in [1.165, 1.54) is 0 Å². The van der Waals surface area contributed by atoms with Crippen molar-refractivity contribution in [2.45, 2.75) is 19.4 Å². The number of rotatable bonds is 5. The normalized spacial score (nSPS) is 11.7. The fourth-order valence-electron chi connectivity index (χ4n) is 2.25. The Labute approximate surface area is 125 Å². The summed E-state index contributed by atoms with van der Waals surface area (Å²) in [4.78, 5) is 6.36. The van der Waals surface area contributed by atoms with Crippen LogP contribution < -0.4 is 4.90 Å². The Morgan fingerprint density at radius 1 is 1.33 bits per heavy atom. The van der Waals surface area contributed by atoms with E-state index in [-0.39, 0.29) is 0 Å². The summed E-state index contributed by atoms with van der Waals surface area (Å²) in [6.07, 6.45) is 2.03. The van der Waals surface area contributed by atoms with Crippen molar-refractivity contribution in [1.29, 1.82) is 5.26 Å². The van der Waals surface area contributed by atoms with Gasteiger partial charge in [0.05, 0.1) is 17.7 Å². The molecule has 0 bridgehead atoms. The molecule has 0 fully saturated rings. The van der Waals surface area contributed by atoms with Crippen molar-refractivity contribution in [2.24, 2.45) is 0 Å². The van der Waals surface area contributed by atoms with Gasteiger partial charge in [-0.3, -0.25) is 4.98 Å². The first-order valence-electron chi connectivity index (χ1n) is 6.95. The zero-order valence-corrected chi connectivity index (χ0v) is 12.3. The molecule has 108 valence electrons. The van der Waals surface area contributed by atoms with Gasteiger partial charge in [0.15, 0.2) is 0 Å². The first-order chi connectivity index (χ1) is 10.1. The standard InChI is InChI=1S/C17H19N3O/c1-13(21)16-7-6-14(12-18)11-17(16)20(2)10-8-15-5-3-4-9-19-15/h3-7,9,11,13,21H,8,10H2,1-2H3/t13-/m1/s1. The van der Waals surface area contributed by atoms with Crippen molar-refractivity contribution in [3.05, 3.63) is 59.4 Å². The Morgan fingerprint density at radius 3 is 2.76 bits per heavy atom. The zero-order valence-electron chi connectivity index (χ0n) is 12.3. The number of aliphatic hydroxyl groups is 1. The van der Waals surface area contributed by atoms with Crippen LogP contribution in [-0.4, -0.2) is 23.7 Å². The highest BCUT2D eigenvalue weighted by molar-refractivity contribution is 5.58. The Morgan fingerprint density at radius 2 is 2.14 bits per heavy atom. The van der Waals surface area contributed by atoms with Crippen molar-refractivity contribution in [1.82, 2.24) is 4.98 Å². The van der Waals surface area contributed by atoms with Crippen LogP contribution in [-0.2, 0) is 6.42 Å². The quantitative estimate of drug-likeness (QED) is 0.915. The highest BCUT2D eigenvalue weighted by Gasteiger charge is 2.12. The number of likely N-dealkylation sites (N-methyl/N-ethyl adjacent to an activating group) is 1. The fourth-order valence-corrected chi connectivity index (χ4v) is 2.25. The molecule has 0 saturated carbocycles. The first-order valence-corrected chi connectivity index (χ1v) is 6.95. The summed E-state index contributed by atoms with van der Waals surface area (Å²) < 4.78 is 0. The van der Waals surface area contributed by atoms with Crippen molar-refractivity contribution < 1.29 is 5.11 Å². The molecule has 1 N–H and O–H groups in total. The second-order valence-corrected chi connectivity index (χ2v) is 5.05. The Bertz CT molecular complexity index is 632. The lowest BCUT2D eigenvalue weighted by molar-refractivity contribution is 0.199. The molecule has 1 atom stereocenters. The van der Waals surface area contributed by atoms with E-state index in [1.807, 2.05) is 37.4 Å². The van der Waals surface area contributed by atoms with E-state index in [1.54, 1.807) is 19.2 Å². The maximum absolute atomic E-state index is 9.88. The van der Waals surface area contributed by atoms with E-state index in [9.17, 15) is 5.11 Å². The molecule has 2 rings (SSSR count). The molecule has 0 amide bonds. The molecule has 0 radical (unpaired) electrons. The molecule has 1 aromatic carbocycles. The van der Waals surface area contributed by atoms with E-state index < -0.39 is 6.10 Å². The SMILES string of the molecule is C[C@@H](O)c1ccc(C#N)cc1N(C)CCc1ccccn1. The van der Waals surface area contributed by atoms with Crippen LogP contribution in [0.2, 0.25) is 0 Å². The maximum Gasteiger partial charge on any atom is 0.0992 e. The average molecular weight is 281 g/mol. The number of hydrogen-bond donors (Lipinski definition) is 1. The number of nitriles is 1. The van der Waals surface area contributed by atoms with Gasteiger partial charge < -0.3 is 10.0 Å². The second-order valence-electron chi connectivity index (χ2n) is 5.05. The van der Waals surface area contributed by atoms with Gasteiger partial charge in [-0.1, -0.05) is 12.1 Å². The minimum Gasteiger partial charge on any atom is -0.389 e. The van der Waals surface area contributed by atoms with Gasteiger partial charge in [0.1, 0.15) is 0 Å². The molecule has 4 heteroatoms. The molecule has 1 heterocycles. The lowest BCUT2D eigenvalue weighted by Crippen LogP contribution is -2.22. The summed E-state index contributed by atoms with van der Waals surface area (Å²) in [5, 5.41) is 18.9. The third-order valence-electron chi connectivity index (χ3n) is 3.45. The van der Waals surface area contributed by atoms with Crippen LogP contribution in [0.5, 0.6) is 0 Å². The molecule has 0 spiro atoms. The third-order valence-corrected chi connectivity index (χ3v) is 3.45. The summed E-state index contributed by atoms with van der Waals surface area (Å²) in [6.45, 7) is 2.50. The topological polar surface area (TPSA) is 60.1 Å². The van der Waals surface area contributed by atoms with Gasteiger partial charge >= 0.3 is 0 Å². The summed E-state index contributed by atoms with van der Waals surface area (Å²) in [6, 6.07) is 13.4. The molecular formula is C17H19N3O. The molecule has 0 aliphatic heterocycles. The summed E-state index contributed by atoms with van der Waals surface area (Å²) in [5.41, 5.74) is 3.34. The predicted octanol–water partition coefficient (Wildman–Crippen LogP) is 2.69. The molecule has 0 saturated heterocycles. The molecule has 21 heavy (non-hydrogen) atoms. The van der Waals surface area contributed by atoms with Gasteiger partial charge in [-0.2, -0.15) is 5.26 Å². The predicted molar refractivity (Wildman–Crippen MR) is 83.0 cm³/mol. The van der Waals surface area contributed by atoms with E-state index >= 15 is 0 Å². The van der Waals surface area contributed by atoms with Crippen molar-refractivity contribution >= 4 is 5.69 Å². The molecule has 4 nitrogen and oxygen atoms in total. The third kappa shape index (κ3) is 3.80. The number of aliphatic hydroxyl groups excluding tert-OH is 1. The lowest BCUT2D eigenvalue weighted by atomic mass is 10.0. The maximum atomic E-state index is 9.88. The Balaban J connectivity index is 2.17. The van der Waals surface area contributed by atoms with Crippen LogP contribution >= 0.6 is 0 Å². The van der Waals surface area contributed by atoms with Gasteiger partial charge in [-0.15, -0.1) is 0 Å². The fraction of sp³-hybridized carbons (Fsp3) is 0.294. The van der Waals surface area contributed by atoms with E-state index in [4.69, 9.17) is 5.26 Å². The molecule has 0 aliphatic carbocycles. The summed E-state index contributed by atoms with van der Waals surface area (Å²) in [7, 11) is 1.96. The molecule has 0 aliphatic rings. The largest absolute Gasteiger partial charge is 0.389 e. The van der Waals surface area contributed by atoms with Gasteiger partial charge in [0, 0.05) is 43.2 Å². The molecule has 0 unspecified atom stereocenters. The molecule has 1 aromatic heterocycles.